The van der Waals surface area contributed by atoms with Crippen LogP contribution in [0.25, 0.3) is 5.65 Å². The first-order valence-corrected chi connectivity index (χ1v) is 11.8. The maximum Gasteiger partial charge on any atom is 0.225 e. The van der Waals surface area contributed by atoms with Gasteiger partial charge in [-0.15, -0.1) is 0 Å². The Morgan fingerprint density at radius 3 is 2.70 bits per heavy atom. The van der Waals surface area contributed by atoms with Gasteiger partial charge in [0.15, 0.2) is 5.65 Å². The summed E-state index contributed by atoms with van der Waals surface area (Å²) in [4.78, 5) is 35.6. The molecule has 1 N–H and O–H groups in total. The van der Waals surface area contributed by atoms with Crippen LogP contribution in [0.3, 0.4) is 0 Å². The van der Waals surface area contributed by atoms with E-state index in [4.69, 9.17) is 10.1 Å². The van der Waals surface area contributed by atoms with E-state index in [2.05, 4.69) is 16.4 Å². The van der Waals surface area contributed by atoms with Gasteiger partial charge in [0.25, 0.3) is 0 Å². The van der Waals surface area contributed by atoms with Gasteiger partial charge in [-0.2, -0.15) is 5.10 Å². The lowest BCUT2D eigenvalue weighted by molar-refractivity contribution is -0.131. The van der Waals surface area contributed by atoms with E-state index in [1.54, 1.807) is 12.4 Å². The average molecular weight is 447 g/mol. The molecule has 1 aliphatic heterocycles. The normalized spacial score (nSPS) is 18.1. The standard InChI is InChI=1S/C25H30N6O2/c1-16-21(5-6-24(32)27-14-18-7-10-26-11-8-18)17(2)31-23(28-16)13-22(29-31)20-9-12-30(15-20)25(33)19-3-4-19/h7-8,10-11,13,19-20H,3-6,9,12,14-15H2,1-2H3,(H,27,32)/t20-/m1/s1. The summed E-state index contributed by atoms with van der Waals surface area (Å²) in [5.41, 5.74) is 5.89. The van der Waals surface area contributed by atoms with Crippen LogP contribution < -0.4 is 5.32 Å². The molecule has 5 rings (SSSR count). The number of fused-ring (bicyclic) bond motifs is 1. The number of rotatable bonds is 7. The lowest BCUT2D eigenvalue weighted by Crippen LogP contribution is -2.29. The van der Waals surface area contributed by atoms with Crippen molar-refractivity contribution in [3.8, 4) is 0 Å². The highest BCUT2D eigenvalue weighted by Gasteiger charge is 2.37. The minimum Gasteiger partial charge on any atom is -0.352 e. The molecule has 8 nitrogen and oxygen atoms in total. The van der Waals surface area contributed by atoms with E-state index < -0.39 is 0 Å². The minimum absolute atomic E-state index is 0.0123. The zero-order chi connectivity index (χ0) is 22.9. The Bertz CT molecular complexity index is 1180. The monoisotopic (exact) mass is 446 g/mol. The third kappa shape index (κ3) is 4.60. The van der Waals surface area contributed by atoms with Crippen LogP contribution in [0.4, 0.5) is 0 Å². The van der Waals surface area contributed by atoms with Gasteiger partial charge < -0.3 is 10.2 Å². The highest BCUT2D eigenvalue weighted by atomic mass is 16.2. The van der Waals surface area contributed by atoms with Crippen molar-refractivity contribution in [1.82, 2.24) is 29.8 Å². The molecular weight excluding hydrogens is 416 g/mol. The molecule has 0 unspecified atom stereocenters. The second-order valence-corrected chi connectivity index (χ2v) is 9.28. The van der Waals surface area contributed by atoms with E-state index in [1.165, 1.54) is 0 Å². The molecule has 1 atom stereocenters. The van der Waals surface area contributed by atoms with Gasteiger partial charge in [0.1, 0.15) is 0 Å². The second kappa shape index (κ2) is 8.92. The number of hydrogen-bond acceptors (Lipinski definition) is 5. The summed E-state index contributed by atoms with van der Waals surface area (Å²) in [7, 11) is 0. The predicted octanol–water partition coefficient (Wildman–Crippen LogP) is 2.72. The quantitative estimate of drug-likeness (QED) is 0.602. The van der Waals surface area contributed by atoms with Gasteiger partial charge in [-0.1, -0.05) is 0 Å². The molecule has 33 heavy (non-hydrogen) atoms. The molecule has 2 amide bonds. The predicted molar refractivity (Wildman–Crippen MR) is 124 cm³/mol. The molecule has 3 aromatic heterocycles. The number of aryl methyl sites for hydroxylation is 2. The van der Waals surface area contributed by atoms with Crippen LogP contribution in [0.5, 0.6) is 0 Å². The van der Waals surface area contributed by atoms with Gasteiger partial charge in [-0.3, -0.25) is 14.6 Å². The Morgan fingerprint density at radius 2 is 1.94 bits per heavy atom. The molecule has 0 aromatic carbocycles. The van der Waals surface area contributed by atoms with Crippen LogP contribution in [0.2, 0.25) is 0 Å². The SMILES string of the molecule is Cc1nc2cc([C@@H]3CCN(C(=O)C4CC4)C3)nn2c(C)c1CCC(=O)NCc1ccncc1. The number of amides is 2. The fraction of sp³-hybridized carbons (Fsp3) is 0.480. The van der Waals surface area contributed by atoms with Crippen LogP contribution >= 0.6 is 0 Å². The molecule has 0 spiro atoms. The molecule has 4 heterocycles. The topological polar surface area (TPSA) is 92.5 Å². The van der Waals surface area contributed by atoms with Crippen LogP contribution in [0.15, 0.2) is 30.6 Å². The Balaban J connectivity index is 1.25. The van der Waals surface area contributed by atoms with Crippen LogP contribution in [0.1, 0.15) is 59.8 Å². The smallest absolute Gasteiger partial charge is 0.225 e. The Kier molecular flexibility index (Phi) is 5.83. The first-order chi connectivity index (χ1) is 16.0. The number of nitrogens with one attached hydrogen (secondary N) is 1. The zero-order valence-corrected chi connectivity index (χ0v) is 19.3. The van der Waals surface area contributed by atoms with E-state index >= 15 is 0 Å². The van der Waals surface area contributed by atoms with Crippen molar-refractivity contribution in [3.05, 3.63) is 58.8 Å². The van der Waals surface area contributed by atoms with Gasteiger partial charge in [0.05, 0.1) is 5.69 Å². The van der Waals surface area contributed by atoms with Gasteiger partial charge in [0, 0.05) is 67.7 Å². The van der Waals surface area contributed by atoms with Gasteiger partial charge in [-0.25, -0.2) is 9.50 Å². The molecule has 0 radical (unpaired) electrons. The summed E-state index contributed by atoms with van der Waals surface area (Å²) in [6, 6.07) is 5.85. The molecule has 1 aliphatic carbocycles. The molecule has 1 saturated heterocycles. The first kappa shape index (κ1) is 21.6. The van der Waals surface area contributed by atoms with Crippen molar-refractivity contribution in [2.45, 2.75) is 58.4 Å². The van der Waals surface area contributed by atoms with E-state index in [1.807, 2.05) is 35.4 Å². The minimum atomic E-state index is 0.0123. The summed E-state index contributed by atoms with van der Waals surface area (Å²) in [5.74, 6) is 0.853. The first-order valence-electron chi connectivity index (χ1n) is 11.8. The fourth-order valence-corrected chi connectivity index (χ4v) is 4.72. The Labute approximate surface area is 193 Å². The maximum atomic E-state index is 12.4. The molecule has 2 aliphatic rings. The maximum absolute atomic E-state index is 12.4. The van der Waals surface area contributed by atoms with Gasteiger partial charge >= 0.3 is 0 Å². The molecular formula is C25H30N6O2. The fourth-order valence-electron chi connectivity index (χ4n) is 4.72. The Hall–Kier alpha value is -3.29. The number of pyridine rings is 1. The van der Waals surface area contributed by atoms with Crippen LogP contribution in [0, 0.1) is 19.8 Å². The van der Waals surface area contributed by atoms with E-state index in [-0.39, 0.29) is 17.7 Å². The zero-order valence-electron chi connectivity index (χ0n) is 19.3. The summed E-state index contributed by atoms with van der Waals surface area (Å²) < 4.78 is 1.90. The summed E-state index contributed by atoms with van der Waals surface area (Å²) >= 11 is 0. The van der Waals surface area contributed by atoms with E-state index in [9.17, 15) is 9.59 Å². The van der Waals surface area contributed by atoms with Gasteiger partial charge in [-0.05, 0) is 62.8 Å². The highest BCUT2D eigenvalue weighted by molar-refractivity contribution is 5.81. The van der Waals surface area contributed by atoms with E-state index in [0.29, 0.717) is 25.3 Å². The number of carbonyl (C=O) groups excluding carboxylic acids is 2. The number of nitrogens with zero attached hydrogens (tertiary/aromatic N) is 5. The Morgan fingerprint density at radius 1 is 1.15 bits per heavy atom. The molecule has 0 bridgehead atoms. The highest BCUT2D eigenvalue weighted by Crippen LogP contribution is 2.35. The van der Waals surface area contributed by atoms with Crippen molar-refractivity contribution >= 4 is 17.5 Å². The lowest BCUT2D eigenvalue weighted by atomic mass is 10.1. The lowest BCUT2D eigenvalue weighted by Gasteiger charge is -2.15. The third-order valence-corrected chi connectivity index (χ3v) is 6.87. The summed E-state index contributed by atoms with van der Waals surface area (Å²) in [5, 5.41) is 7.83. The van der Waals surface area contributed by atoms with Crippen LogP contribution in [-0.2, 0) is 22.6 Å². The molecule has 1 saturated carbocycles. The summed E-state index contributed by atoms with van der Waals surface area (Å²) in [6.45, 7) is 6.11. The molecule has 172 valence electrons. The number of carbonyl (C=O) groups is 2. The van der Waals surface area contributed by atoms with Crippen molar-refractivity contribution < 1.29 is 9.59 Å². The van der Waals surface area contributed by atoms with Crippen molar-refractivity contribution in [2.24, 2.45) is 5.92 Å². The average Bonchev–Trinajstić information content (AvgIpc) is 3.39. The van der Waals surface area contributed by atoms with Crippen molar-refractivity contribution in [1.29, 1.82) is 0 Å². The van der Waals surface area contributed by atoms with Crippen LogP contribution in [-0.4, -0.2) is 49.4 Å². The molecule has 2 fully saturated rings. The number of likely N-dealkylation sites (tertiary alicyclic amines) is 1. The number of hydrogen-bond donors (Lipinski definition) is 1. The largest absolute Gasteiger partial charge is 0.352 e. The van der Waals surface area contributed by atoms with Crippen molar-refractivity contribution in [3.63, 3.8) is 0 Å². The molecule has 3 aromatic rings. The molecule has 8 heteroatoms. The van der Waals surface area contributed by atoms with Crippen molar-refractivity contribution in [2.75, 3.05) is 13.1 Å². The van der Waals surface area contributed by atoms with Gasteiger partial charge in [0.2, 0.25) is 11.8 Å². The second-order valence-electron chi connectivity index (χ2n) is 9.28. The number of aromatic nitrogens is 4. The van der Waals surface area contributed by atoms with E-state index in [0.717, 1.165) is 66.2 Å². The summed E-state index contributed by atoms with van der Waals surface area (Å²) in [6.07, 6.45) is 7.50. The third-order valence-electron chi connectivity index (χ3n) is 6.87.